The van der Waals surface area contributed by atoms with Crippen LogP contribution in [0.4, 0.5) is 0 Å². The second-order valence-corrected chi connectivity index (χ2v) is 19.9. The summed E-state index contributed by atoms with van der Waals surface area (Å²) in [6.07, 6.45) is 69.9. The summed E-state index contributed by atoms with van der Waals surface area (Å²) in [7, 11) is 0. The molecule has 0 rings (SSSR count). The normalized spacial score (nSPS) is 12.3. The number of hydrogen-bond donors (Lipinski definition) is 0. The molecule has 6 heteroatoms. The van der Waals surface area contributed by atoms with Crippen LogP contribution in [0.2, 0.25) is 0 Å². The van der Waals surface area contributed by atoms with E-state index in [1.807, 2.05) is 0 Å². The second-order valence-electron chi connectivity index (χ2n) is 19.9. The standard InChI is InChI=1S/C62H112O6/c1-4-7-10-13-16-19-21-23-24-25-26-27-28-29-30-31-32-33-34-35-36-37-38-39-41-43-46-49-52-55-61(64)67-58-59(57-66-60(63)54-51-48-45-42-18-15-12-9-6-3)68-62(65)56-53-50-47-44-40-22-20-17-14-11-8-5-2/h17,20-21,23,25-26,28-29,59H,4-16,18-19,22,24,27,30-58H2,1-3H3/b20-17-,23-21-,26-25-,29-28-. The van der Waals surface area contributed by atoms with E-state index in [1.54, 1.807) is 0 Å². The molecule has 0 aromatic carbocycles. The van der Waals surface area contributed by atoms with E-state index >= 15 is 0 Å². The zero-order chi connectivity index (χ0) is 49.3. The fourth-order valence-corrected chi connectivity index (χ4v) is 8.56. The number of hydrogen-bond acceptors (Lipinski definition) is 6. The highest BCUT2D eigenvalue weighted by Crippen LogP contribution is 2.16. The molecule has 0 fully saturated rings. The Morgan fingerprint density at radius 1 is 0.294 bits per heavy atom. The van der Waals surface area contributed by atoms with E-state index < -0.39 is 6.10 Å². The molecule has 0 saturated heterocycles. The predicted molar refractivity (Wildman–Crippen MR) is 293 cm³/mol. The summed E-state index contributed by atoms with van der Waals surface area (Å²) in [6, 6.07) is 0. The molecule has 0 amide bonds. The monoisotopic (exact) mass is 953 g/mol. The van der Waals surface area contributed by atoms with Crippen molar-refractivity contribution >= 4 is 17.9 Å². The van der Waals surface area contributed by atoms with E-state index in [9.17, 15) is 14.4 Å². The predicted octanol–water partition coefficient (Wildman–Crippen LogP) is 19.8. The van der Waals surface area contributed by atoms with Crippen molar-refractivity contribution in [3.63, 3.8) is 0 Å². The quantitative estimate of drug-likeness (QED) is 0.0262. The zero-order valence-corrected chi connectivity index (χ0v) is 45.4. The van der Waals surface area contributed by atoms with Gasteiger partial charge in [-0.15, -0.1) is 0 Å². The molecular weight excluding hydrogens is 841 g/mol. The molecule has 0 N–H and O–H groups in total. The van der Waals surface area contributed by atoms with Gasteiger partial charge in [-0.2, -0.15) is 0 Å². The van der Waals surface area contributed by atoms with E-state index in [2.05, 4.69) is 69.4 Å². The van der Waals surface area contributed by atoms with Gasteiger partial charge in [0.2, 0.25) is 0 Å². The van der Waals surface area contributed by atoms with Crippen LogP contribution in [0.3, 0.4) is 0 Å². The minimum Gasteiger partial charge on any atom is -0.462 e. The van der Waals surface area contributed by atoms with Gasteiger partial charge in [0.1, 0.15) is 13.2 Å². The highest BCUT2D eigenvalue weighted by molar-refractivity contribution is 5.71. The van der Waals surface area contributed by atoms with Crippen molar-refractivity contribution in [3.8, 4) is 0 Å². The SMILES string of the molecule is CCCCC/C=C\CCCCCCCC(=O)OC(COC(=O)CCCCCCCCCCC)COC(=O)CCCCCCCCCCCCCCCC/C=C\C/C=C\C/C=C\CCCCCCC. The molecule has 1 unspecified atom stereocenters. The molecule has 396 valence electrons. The third kappa shape index (κ3) is 54.3. The lowest BCUT2D eigenvalue weighted by molar-refractivity contribution is -0.167. The van der Waals surface area contributed by atoms with Crippen molar-refractivity contribution in [2.45, 2.75) is 316 Å². The number of carbonyl (C=O) groups is 3. The van der Waals surface area contributed by atoms with Gasteiger partial charge in [0.15, 0.2) is 6.10 Å². The maximum Gasteiger partial charge on any atom is 0.306 e. The lowest BCUT2D eigenvalue weighted by atomic mass is 10.0. The number of carbonyl (C=O) groups excluding carboxylic acids is 3. The molecule has 0 bridgehead atoms. The Bertz CT molecular complexity index is 1190. The summed E-state index contributed by atoms with van der Waals surface area (Å²) in [4.78, 5) is 38.0. The Balaban J connectivity index is 4.08. The van der Waals surface area contributed by atoms with Crippen molar-refractivity contribution < 1.29 is 28.6 Å². The first-order valence-corrected chi connectivity index (χ1v) is 29.6. The highest BCUT2D eigenvalue weighted by Gasteiger charge is 2.19. The van der Waals surface area contributed by atoms with Crippen molar-refractivity contribution in [3.05, 3.63) is 48.6 Å². The summed E-state index contributed by atoms with van der Waals surface area (Å²) in [5.41, 5.74) is 0. The van der Waals surface area contributed by atoms with Gasteiger partial charge in [-0.1, -0.05) is 256 Å². The highest BCUT2D eigenvalue weighted by atomic mass is 16.6. The van der Waals surface area contributed by atoms with Crippen LogP contribution >= 0.6 is 0 Å². The summed E-state index contributed by atoms with van der Waals surface area (Å²) in [6.45, 7) is 6.60. The van der Waals surface area contributed by atoms with Crippen molar-refractivity contribution in [1.82, 2.24) is 0 Å². The first-order chi connectivity index (χ1) is 33.5. The molecule has 0 aliphatic heterocycles. The lowest BCUT2D eigenvalue weighted by Crippen LogP contribution is -2.30. The van der Waals surface area contributed by atoms with Crippen molar-refractivity contribution in [2.75, 3.05) is 13.2 Å². The van der Waals surface area contributed by atoms with Crippen molar-refractivity contribution in [2.24, 2.45) is 0 Å². The number of unbranched alkanes of at least 4 members (excludes halogenated alkanes) is 35. The minimum atomic E-state index is -0.773. The van der Waals surface area contributed by atoms with Gasteiger partial charge in [0.05, 0.1) is 0 Å². The number of allylic oxidation sites excluding steroid dienone is 8. The van der Waals surface area contributed by atoms with E-state index in [-0.39, 0.29) is 31.1 Å². The number of rotatable bonds is 54. The smallest absolute Gasteiger partial charge is 0.306 e. The number of esters is 3. The lowest BCUT2D eigenvalue weighted by Gasteiger charge is -2.18. The molecule has 0 aliphatic carbocycles. The fraction of sp³-hybridized carbons (Fsp3) is 0.823. The van der Waals surface area contributed by atoms with Gasteiger partial charge >= 0.3 is 17.9 Å². The summed E-state index contributed by atoms with van der Waals surface area (Å²) in [5, 5.41) is 0. The third-order valence-electron chi connectivity index (χ3n) is 13.1. The molecule has 0 aromatic rings. The number of ether oxygens (including phenoxy) is 3. The molecule has 0 saturated carbocycles. The van der Waals surface area contributed by atoms with Gasteiger partial charge in [-0.05, 0) is 83.5 Å². The molecule has 0 spiro atoms. The van der Waals surface area contributed by atoms with Crippen LogP contribution in [-0.4, -0.2) is 37.2 Å². The van der Waals surface area contributed by atoms with E-state index in [0.717, 1.165) is 77.0 Å². The molecule has 6 nitrogen and oxygen atoms in total. The van der Waals surface area contributed by atoms with Gasteiger partial charge < -0.3 is 14.2 Å². The van der Waals surface area contributed by atoms with Crippen LogP contribution in [0.25, 0.3) is 0 Å². The molecule has 1 atom stereocenters. The Morgan fingerprint density at radius 3 is 0.868 bits per heavy atom. The third-order valence-corrected chi connectivity index (χ3v) is 13.1. The van der Waals surface area contributed by atoms with E-state index in [0.29, 0.717) is 19.3 Å². The summed E-state index contributed by atoms with van der Waals surface area (Å²) in [5.74, 6) is -0.874. The van der Waals surface area contributed by atoms with Crippen LogP contribution in [0.5, 0.6) is 0 Å². The molecule has 0 aliphatic rings. The van der Waals surface area contributed by atoms with Crippen LogP contribution in [0.1, 0.15) is 310 Å². The minimum absolute atomic E-state index is 0.0733. The van der Waals surface area contributed by atoms with Gasteiger partial charge in [0, 0.05) is 19.3 Å². The summed E-state index contributed by atoms with van der Waals surface area (Å²) < 4.78 is 16.8. The Kier molecular flexibility index (Phi) is 54.8. The molecule has 0 radical (unpaired) electrons. The average Bonchev–Trinajstić information content (AvgIpc) is 3.34. The van der Waals surface area contributed by atoms with Crippen LogP contribution in [0, 0.1) is 0 Å². The first kappa shape index (κ1) is 65.4. The zero-order valence-electron chi connectivity index (χ0n) is 45.4. The molecule has 68 heavy (non-hydrogen) atoms. The van der Waals surface area contributed by atoms with Gasteiger partial charge in [-0.25, -0.2) is 0 Å². The van der Waals surface area contributed by atoms with Crippen LogP contribution in [-0.2, 0) is 28.6 Å². The fourth-order valence-electron chi connectivity index (χ4n) is 8.56. The summed E-state index contributed by atoms with van der Waals surface area (Å²) >= 11 is 0. The maximum absolute atomic E-state index is 12.8. The maximum atomic E-state index is 12.8. The average molecular weight is 954 g/mol. The largest absolute Gasteiger partial charge is 0.462 e. The Morgan fingerprint density at radius 2 is 0.529 bits per heavy atom. The first-order valence-electron chi connectivity index (χ1n) is 29.6. The Hall–Kier alpha value is -2.63. The van der Waals surface area contributed by atoms with E-state index in [1.165, 1.54) is 193 Å². The van der Waals surface area contributed by atoms with Crippen molar-refractivity contribution in [1.29, 1.82) is 0 Å². The molecule has 0 aromatic heterocycles. The molecular formula is C62H112O6. The van der Waals surface area contributed by atoms with Crippen LogP contribution < -0.4 is 0 Å². The second kappa shape index (κ2) is 57.0. The Labute approximate surface area is 422 Å². The van der Waals surface area contributed by atoms with Gasteiger partial charge in [-0.3, -0.25) is 14.4 Å². The molecule has 0 heterocycles. The van der Waals surface area contributed by atoms with Gasteiger partial charge in [0.25, 0.3) is 0 Å². The topological polar surface area (TPSA) is 78.9 Å². The van der Waals surface area contributed by atoms with Crippen LogP contribution in [0.15, 0.2) is 48.6 Å². The van der Waals surface area contributed by atoms with E-state index in [4.69, 9.17) is 14.2 Å².